The third-order valence-corrected chi connectivity index (χ3v) is 4.61. The van der Waals surface area contributed by atoms with Crippen LogP contribution in [0.2, 0.25) is 0 Å². The largest absolute Gasteiger partial charge is 0.348 e. The van der Waals surface area contributed by atoms with Crippen LogP contribution < -0.4 is 5.43 Å². The lowest BCUT2D eigenvalue weighted by Gasteiger charge is -2.24. The van der Waals surface area contributed by atoms with Gasteiger partial charge in [0.05, 0.1) is 6.61 Å². The van der Waals surface area contributed by atoms with Crippen molar-refractivity contribution >= 4 is 11.6 Å². The van der Waals surface area contributed by atoms with E-state index >= 15 is 0 Å². The van der Waals surface area contributed by atoms with E-state index in [9.17, 15) is 4.79 Å². The molecule has 8 heteroatoms. The van der Waals surface area contributed by atoms with Gasteiger partial charge < -0.3 is 23.7 Å². The molecule has 1 amide bonds. The summed E-state index contributed by atoms with van der Waals surface area (Å²) in [6, 6.07) is 8.87. The van der Waals surface area contributed by atoms with Crippen LogP contribution in [-0.4, -0.2) is 54.4 Å². The first-order valence-electron chi connectivity index (χ1n) is 9.00. The first-order valence-corrected chi connectivity index (χ1v) is 9.00. The van der Waals surface area contributed by atoms with E-state index in [1.54, 1.807) is 24.3 Å². The maximum Gasteiger partial charge on any atom is 0.271 e. The number of amides is 1. The molecule has 0 saturated carbocycles. The van der Waals surface area contributed by atoms with Gasteiger partial charge in [-0.3, -0.25) is 4.79 Å². The minimum absolute atomic E-state index is 0.313. The molecule has 4 rings (SSSR count). The summed E-state index contributed by atoms with van der Waals surface area (Å²) in [4.78, 5) is 12.4. The van der Waals surface area contributed by atoms with Crippen molar-refractivity contribution in [2.45, 2.75) is 63.9 Å². The van der Waals surface area contributed by atoms with Crippen molar-refractivity contribution in [2.24, 2.45) is 5.10 Å². The Morgan fingerprint density at radius 1 is 1.04 bits per heavy atom. The summed E-state index contributed by atoms with van der Waals surface area (Å²) in [7, 11) is 0. The number of hydrazone groups is 1. The second-order valence-electron chi connectivity index (χ2n) is 7.69. The van der Waals surface area contributed by atoms with E-state index in [2.05, 4.69) is 10.5 Å². The fourth-order valence-electron chi connectivity index (χ4n) is 3.45. The third-order valence-electron chi connectivity index (χ3n) is 4.61. The quantitative estimate of drug-likeness (QED) is 0.810. The Balaban J connectivity index is 1.56. The molecule has 3 fully saturated rings. The molecule has 0 unspecified atom stereocenters. The summed E-state index contributed by atoms with van der Waals surface area (Å²) >= 11 is 0. The zero-order valence-electron chi connectivity index (χ0n) is 15.8. The molecule has 1 aromatic carbocycles. The lowest BCUT2D eigenvalue weighted by atomic mass is 10.1. The maximum atomic E-state index is 12.4. The van der Waals surface area contributed by atoms with Gasteiger partial charge in [0, 0.05) is 5.56 Å². The molecule has 4 atom stereocenters. The van der Waals surface area contributed by atoms with Gasteiger partial charge >= 0.3 is 0 Å². The molecule has 0 bridgehead atoms. The highest BCUT2D eigenvalue weighted by Gasteiger charge is 2.56. The average molecular weight is 376 g/mol. The zero-order valence-corrected chi connectivity index (χ0v) is 15.8. The molecular weight excluding hydrogens is 352 g/mol. The lowest BCUT2D eigenvalue weighted by molar-refractivity contribution is -0.211. The minimum atomic E-state index is -0.795. The fourth-order valence-corrected chi connectivity index (χ4v) is 3.45. The van der Waals surface area contributed by atoms with E-state index < -0.39 is 30.1 Å². The van der Waals surface area contributed by atoms with Crippen LogP contribution in [0.1, 0.15) is 38.1 Å². The van der Waals surface area contributed by atoms with Crippen molar-refractivity contribution in [1.82, 2.24) is 5.43 Å². The highest BCUT2D eigenvalue weighted by Crippen LogP contribution is 2.39. The molecule has 3 saturated heterocycles. The van der Waals surface area contributed by atoms with Gasteiger partial charge in [-0.1, -0.05) is 18.2 Å². The zero-order chi connectivity index (χ0) is 19.2. The van der Waals surface area contributed by atoms with Crippen molar-refractivity contribution < 1.29 is 28.5 Å². The number of hydrogen-bond acceptors (Lipinski definition) is 7. The first-order chi connectivity index (χ1) is 12.7. The summed E-state index contributed by atoms with van der Waals surface area (Å²) in [6.07, 6.45) is -2.03. The Bertz CT molecular complexity index is 748. The van der Waals surface area contributed by atoms with Crippen molar-refractivity contribution in [3.8, 4) is 0 Å². The summed E-state index contributed by atoms with van der Waals surface area (Å²) in [6.45, 7) is 7.65. The fraction of sp³-hybridized carbons (Fsp3) is 0.579. The highest BCUT2D eigenvalue weighted by molar-refractivity contribution is 5.99. The highest BCUT2D eigenvalue weighted by atomic mass is 16.8. The predicted molar refractivity (Wildman–Crippen MR) is 94.9 cm³/mol. The average Bonchev–Trinajstić information content (AvgIpc) is 3.22. The summed E-state index contributed by atoms with van der Waals surface area (Å²) < 4.78 is 29.3. The molecule has 27 heavy (non-hydrogen) atoms. The molecule has 1 N–H and O–H groups in total. The van der Waals surface area contributed by atoms with Crippen molar-refractivity contribution in [3.63, 3.8) is 0 Å². The standard InChI is InChI=1S/C19H24N2O6/c1-18(2)23-10-12(25-18)14-13(15-17(24-14)27-19(3,4)26-15)20-21-16(22)11-8-6-5-7-9-11/h5-9,12,14-15,17H,10H2,1-4H3,(H,21,22)/b20-13+/t12-,14-,15-,17-/m1/s1. The van der Waals surface area contributed by atoms with Crippen LogP contribution in [0.5, 0.6) is 0 Å². The number of rotatable bonds is 3. The lowest BCUT2D eigenvalue weighted by Crippen LogP contribution is -2.41. The number of hydrogen-bond donors (Lipinski definition) is 1. The minimum Gasteiger partial charge on any atom is -0.348 e. The van der Waals surface area contributed by atoms with Gasteiger partial charge in [-0.05, 0) is 39.8 Å². The molecule has 3 aliphatic rings. The Hall–Kier alpha value is -1.84. The normalized spacial score (nSPS) is 35.3. The number of nitrogens with zero attached hydrogens (tertiary/aromatic N) is 1. The topological polar surface area (TPSA) is 87.6 Å². The molecule has 0 radical (unpaired) electrons. The van der Waals surface area contributed by atoms with Crippen LogP contribution in [0.15, 0.2) is 35.4 Å². The smallest absolute Gasteiger partial charge is 0.271 e. The van der Waals surface area contributed by atoms with Crippen molar-refractivity contribution in [2.75, 3.05) is 6.61 Å². The Morgan fingerprint density at radius 3 is 2.44 bits per heavy atom. The van der Waals surface area contributed by atoms with Gasteiger partial charge in [0.2, 0.25) is 0 Å². The van der Waals surface area contributed by atoms with Gasteiger partial charge in [-0.25, -0.2) is 5.43 Å². The second kappa shape index (κ2) is 6.65. The number of carbonyl (C=O) groups excluding carboxylic acids is 1. The van der Waals surface area contributed by atoms with E-state index in [1.807, 2.05) is 33.8 Å². The van der Waals surface area contributed by atoms with Crippen molar-refractivity contribution in [3.05, 3.63) is 35.9 Å². The molecule has 0 aromatic heterocycles. The van der Waals surface area contributed by atoms with Crippen LogP contribution in [0.4, 0.5) is 0 Å². The number of carbonyl (C=O) groups is 1. The molecule has 146 valence electrons. The predicted octanol–water partition coefficient (Wildman–Crippen LogP) is 1.80. The van der Waals surface area contributed by atoms with Crippen LogP contribution in [0.3, 0.4) is 0 Å². The summed E-state index contributed by atoms with van der Waals surface area (Å²) in [5, 5.41) is 4.33. The van der Waals surface area contributed by atoms with Gasteiger partial charge in [0.25, 0.3) is 5.91 Å². The SMILES string of the molecule is CC1(C)O[C@H]2O[C@H]([C@H]3COC(C)(C)O3)/C(=N\NC(=O)c3ccccc3)[C@H]2O1. The van der Waals surface area contributed by atoms with Gasteiger partial charge in [0.1, 0.15) is 17.9 Å². The van der Waals surface area contributed by atoms with Crippen molar-refractivity contribution in [1.29, 1.82) is 0 Å². The Morgan fingerprint density at radius 2 is 1.78 bits per heavy atom. The van der Waals surface area contributed by atoms with Gasteiger partial charge in [-0.15, -0.1) is 0 Å². The van der Waals surface area contributed by atoms with Crippen LogP contribution in [0.25, 0.3) is 0 Å². The maximum absolute atomic E-state index is 12.4. The molecule has 3 aliphatic heterocycles. The van der Waals surface area contributed by atoms with E-state index in [4.69, 9.17) is 23.7 Å². The van der Waals surface area contributed by atoms with E-state index in [0.717, 1.165) is 0 Å². The number of ether oxygens (including phenoxy) is 5. The first kappa shape index (κ1) is 18.5. The third kappa shape index (κ3) is 3.76. The molecular formula is C19H24N2O6. The number of fused-ring (bicyclic) bond motifs is 1. The monoisotopic (exact) mass is 376 g/mol. The second-order valence-corrected chi connectivity index (χ2v) is 7.69. The van der Waals surface area contributed by atoms with Crippen LogP contribution >= 0.6 is 0 Å². The number of benzene rings is 1. The molecule has 0 spiro atoms. The Labute approximate surface area is 157 Å². The van der Waals surface area contributed by atoms with Crippen LogP contribution in [0, 0.1) is 0 Å². The van der Waals surface area contributed by atoms with Gasteiger partial charge in [-0.2, -0.15) is 5.10 Å². The molecule has 3 heterocycles. The van der Waals surface area contributed by atoms with E-state index in [-0.39, 0.29) is 12.0 Å². The molecule has 0 aliphatic carbocycles. The Kier molecular flexibility index (Phi) is 4.56. The van der Waals surface area contributed by atoms with E-state index in [0.29, 0.717) is 17.9 Å². The molecule has 8 nitrogen and oxygen atoms in total. The molecule has 1 aromatic rings. The summed E-state index contributed by atoms with van der Waals surface area (Å²) in [5.41, 5.74) is 3.63. The number of nitrogens with one attached hydrogen (secondary N) is 1. The van der Waals surface area contributed by atoms with E-state index in [1.165, 1.54) is 0 Å². The van der Waals surface area contributed by atoms with Gasteiger partial charge in [0.15, 0.2) is 24.0 Å². The summed E-state index contributed by atoms with van der Waals surface area (Å²) in [5.74, 6) is -1.81. The van der Waals surface area contributed by atoms with Crippen LogP contribution in [-0.2, 0) is 23.7 Å².